The molecule has 256 valence electrons. The molecule has 12 nitrogen and oxygen atoms in total. The lowest BCUT2D eigenvalue weighted by molar-refractivity contribution is 0.243. The molecule has 0 bridgehead atoms. The SMILES string of the molecule is CCC[C@@H](CCCNc1ncc(C#N)c(N2CCc3cnccc3C2)n1)CN(C(=O)NCc1ccccc1)c1ccc(-c2cnn(C)c2)cn1. The molecule has 2 amide bonds. The van der Waals surface area contributed by atoms with Gasteiger partial charge in [0.05, 0.1) is 12.4 Å². The fraction of sp³-hybridized carbons (Fsp3) is 0.342. The molecule has 5 heterocycles. The normalized spacial score (nSPS) is 12.9. The quantitative estimate of drug-likeness (QED) is 0.134. The zero-order chi connectivity index (χ0) is 34.7. The average Bonchev–Trinajstić information content (AvgIpc) is 3.60. The van der Waals surface area contributed by atoms with E-state index in [0.29, 0.717) is 49.3 Å². The first kappa shape index (κ1) is 34.0. The van der Waals surface area contributed by atoms with Crippen LogP contribution in [0.4, 0.5) is 22.4 Å². The number of aryl methyl sites for hydroxylation is 1. The first-order valence-corrected chi connectivity index (χ1v) is 17.2. The van der Waals surface area contributed by atoms with Gasteiger partial charge in [0.2, 0.25) is 5.95 Å². The molecule has 6 rings (SSSR count). The number of urea groups is 1. The zero-order valence-corrected chi connectivity index (χ0v) is 28.7. The number of hydrogen-bond acceptors (Lipinski definition) is 9. The Morgan fingerprint density at radius 2 is 1.90 bits per heavy atom. The van der Waals surface area contributed by atoms with Gasteiger partial charge < -0.3 is 15.5 Å². The highest BCUT2D eigenvalue weighted by atomic mass is 16.2. The number of carbonyl (C=O) groups is 1. The van der Waals surface area contributed by atoms with Gasteiger partial charge in [-0.15, -0.1) is 0 Å². The molecule has 0 aliphatic carbocycles. The van der Waals surface area contributed by atoms with E-state index in [0.717, 1.165) is 55.3 Å². The molecule has 1 aliphatic rings. The lowest BCUT2D eigenvalue weighted by Gasteiger charge is -2.30. The van der Waals surface area contributed by atoms with E-state index in [2.05, 4.69) is 43.6 Å². The maximum absolute atomic E-state index is 13.7. The number of hydrogen-bond donors (Lipinski definition) is 2. The van der Waals surface area contributed by atoms with E-state index in [1.807, 2.05) is 68.0 Å². The molecule has 1 aliphatic heterocycles. The molecule has 0 saturated heterocycles. The molecule has 0 saturated carbocycles. The molecule has 0 unspecified atom stereocenters. The number of amides is 2. The molecule has 1 atom stereocenters. The summed E-state index contributed by atoms with van der Waals surface area (Å²) in [5, 5.41) is 20.5. The number of rotatable bonds is 14. The van der Waals surface area contributed by atoms with Crippen LogP contribution in [-0.4, -0.2) is 55.4 Å². The predicted octanol–water partition coefficient (Wildman–Crippen LogP) is 6.13. The maximum Gasteiger partial charge on any atom is 0.323 e. The minimum atomic E-state index is -0.176. The molecule has 2 N–H and O–H groups in total. The second-order valence-electron chi connectivity index (χ2n) is 12.6. The van der Waals surface area contributed by atoms with E-state index in [1.165, 1.54) is 11.1 Å². The Bertz CT molecular complexity index is 1900. The lowest BCUT2D eigenvalue weighted by atomic mass is 9.97. The Balaban J connectivity index is 1.10. The summed E-state index contributed by atoms with van der Waals surface area (Å²) < 4.78 is 1.76. The Hall–Kier alpha value is -5.83. The van der Waals surface area contributed by atoms with Crippen molar-refractivity contribution in [1.82, 2.24) is 35.0 Å². The fourth-order valence-corrected chi connectivity index (χ4v) is 6.35. The molecule has 12 heteroatoms. The summed E-state index contributed by atoms with van der Waals surface area (Å²) in [6, 6.07) is 17.9. The molecule has 50 heavy (non-hydrogen) atoms. The highest BCUT2D eigenvalue weighted by Gasteiger charge is 2.23. The number of benzene rings is 1. The highest BCUT2D eigenvalue weighted by Crippen LogP contribution is 2.27. The van der Waals surface area contributed by atoms with Crippen molar-refractivity contribution in [1.29, 1.82) is 5.26 Å². The first-order chi connectivity index (χ1) is 24.5. The number of aromatic nitrogens is 6. The largest absolute Gasteiger partial charge is 0.354 e. The van der Waals surface area contributed by atoms with Crippen molar-refractivity contribution in [2.45, 2.75) is 52.1 Å². The number of nitrogens with zero attached hydrogens (tertiary/aromatic N) is 9. The predicted molar refractivity (Wildman–Crippen MR) is 194 cm³/mol. The van der Waals surface area contributed by atoms with Crippen molar-refractivity contribution in [3.63, 3.8) is 0 Å². The van der Waals surface area contributed by atoms with Gasteiger partial charge in [0.25, 0.3) is 0 Å². The Kier molecular flexibility index (Phi) is 11.2. The second-order valence-corrected chi connectivity index (χ2v) is 12.6. The number of nitriles is 1. The summed E-state index contributed by atoms with van der Waals surface area (Å²) in [6.07, 6.45) is 15.5. The maximum atomic E-state index is 13.7. The summed E-state index contributed by atoms with van der Waals surface area (Å²) in [5.74, 6) is 2.02. The molecule has 0 fully saturated rings. The van der Waals surface area contributed by atoms with Gasteiger partial charge in [0.1, 0.15) is 17.5 Å². The van der Waals surface area contributed by atoms with Crippen LogP contribution in [0.15, 0.2) is 85.7 Å². The van der Waals surface area contributed by atoms with Crippen molar-refractivity contribution in [2.24, 2.45) is 13.0 Å². The Morgan fingerprint density at radius 3 is 2.66 bits per heavy atom. The monoisotopic (exact) mass is 669 g/mol. The van der Waals surface area contributed by atoms with Crippen LogP contribution in [0, 0.1) is 17.2 Å². The zero-order valence-electron chi connectivity index (χ0n) is 28.7. The van der Waals surface area contributed by atoms with Gasteiger partial charge in [-0.3, -0.25) is 14.6 Å². The van der Waals surface area contributed by atoms with Gasteiger partial charge in [-0.25, -0.2) is 14.8 Å². The van der Waals surface area contributed by atoms with Gasteiger partial charge in [-0.2, -0.15) is 15.3 Å². The van der Waals surface area contributed by atoms with Gasteiger partial charge in [0, 0.05) is 75.7 Å². The standard InChI is InChI=1S/C38H43N11O/c1-3-8-29(11-7-16-41-37-43-23-33(19-39)36(46-37)48-18-15-31-21-40-17-14-32(31)27-48)25-49(38(50)44-20-28-9-5-4-6-10-28)35-13-12-30(22-42-35)34-24-45-47(2)26-34/h4-6,9-10,12-14,17,21-24,26,29H,3,7-8,11,15-16,18,20,25,27H2,1-2H3,(H,44,50)(H,41,43,46)/t29-/m0/s1. The third-order valence-electron chi connectivity index (χ3n) is 9.01. The van der Waals surface area contributed by atoms with Gasteiger partial charge in [0.15, 0.2) is 5.82 Å². The topological polar surface area (TPSA) is 141 Å². The van der Waals surface area contributed by atoms with E-state index in [9.17, 15) is 10.1 Å². The van der Waals surface area contributed by atoms with E-state index in [4.69, 9.17) is 9.97 Å². The molecular weight excluding hydrogens is 626 g/mol. The van der Waals surface area contributed by atoms with Crippen molar-refractivity contribution in [3.05, 3.63) is 108 Å². The van der Waals surface area contributed by atoms with Gasteiger partial charge in [-0.1, -0.05) is 43.7 Å². The molecule has 1 aromatic carbocycles. The van der Waals surface area contributed by atoms with Crippen LogP contribution in [0.5, 0.6) is 0 Å². The summed E-state index contributed by atoms with van der Waals surface area (Å²) >= 11 is 0. The van der Waals surface area contributed by atoms with Crippen molar-refractivity contribution < 1.29 is 4.79 Å². The minimum Gasteiger partial charge on any atom is -0.354 e. The highest BCUT2D eigenvalue weighted by molar-refractivity contribution is 5.91. The van der Waals surface area contributed by atoms with Gasteiger partial charge in [-0.05, 0) is 66.5 Å². The van der Waals surface area contributed by atoms with E-state index in [-0.39, 0.29) is 11.9 Å². The number of nitrogens with one attached hydrogen (secondary N) is 2. The number of fused-ring (bicyclic) bond motifs is 1. The summed E-state index contributed by atoms with van der Waals surface area (Å²) in [6.45, 7) is 5.25. The minimum absolute atomic E-state index is 0.176. The van der Waals surface area contributed by atoms with E-state index in [1.54, 1.807) is 34.4 Å². The van der Waals surface area contributed by atoms with Crippen molar-refractivity contribution >= 4 is 23.6 Å². The summed E-state index contributed by atoms with van der Waals surface area (Å²) in [4.78, 5) is 35.8. The molecular formula is C38H43N11O. The van der Waals surface area contributed by atoms with Crippen LogP contribution in [-0.2, 0) is 26.6 Å². The third kappa shape index (κ3) is 8.60. The Morgan fingerprint density at radius 1 is 1.02 bits per heavy atom. The first-order valence-electron chi connectivity index (χ1n) is 17.2. The molecule has 5 aromatic rings. The average molecular weight is 670 g/mol. The van der Waals surface area contributed by atoms with Crippen LogP contribution in [0.25, 0.3) is 11.1 Å². The van der Waals surface area contributed by atoms with Crippen LogP contribution >= 0.6 is 0 Å². The van der Waals surface area contributed by atoms with Crippen LogP contribution in [0.1, 0.15) is 54.9 Å². The Labute approximate surface area is 293 Å². The fourth-order valence-electron chi connectivity index (χ4n) is 6.35. The molecule has 0 radical (unpaired) electrons. The van der Waals surface area contributed by atoms with Crippen LogP contribution in [0.2, 0.25) is 0 Å². The van der Waals surface area contributed by atoms with E-state index >= 15 is 0 Å². The molecule has 4 aromatic heterocycles. The van der Waals surface area contributed by atoms with Crippen LogP contribution < -0.4 is 20.4 Å². The number of pyridine rings is 2. The van der Waals surface area contributed by atoms with Gasteiger partial charge >= 0.3 is 6.03 Å². The van der Waals surface area contributed by atoms with E-state index < -0.39 is 0 Å². The summed E-state index contributed by atoms with van der Waals surface area (Å²) in [7, 11) is 1.88. The van der Waals surface area contributed by atoms with Crippen molar-refractivity contribution in [2.75, 3.05) is 34.8 Å². The smallest absolute Gasteiger partial charge is 0.323 e. The lowest BCUT2D eigenvalue weighted by Crippen LogP contribution is -2.43. The van der Waals surface area contributed by atoms with Crippen molar-refractivity contribution in [3.8, 4) is 17.2 Å². The molecule has 0 spiro atoms. The second kappa shape index (κ2) is 16.5. The summed E-state index contributed by atoms with van der Waals surface area (Å²) in [5.41, 5.74) is 5.85. The van der Waals surface area contributed by atoms with Crippen LogP contribution in [0.3, 0.4) is 0 Å². The third-order valence-corrected chi connectivity index (χ3v) is 9.01. The number of anilines is 3. The number of carbonyl (C=O) groups excluding carboxylic acids is 1.